The maximum atomic E-state index is 16.2. The molecule has 0 aliphatic heterocycles. The Hall–Kier alpha value is -3.30. The number of halogens is 2. The molecule has 0 spiro atoms. The first kappa shape index (κ1) is 43.4. The summed E-state index contributed by atoms with van der Waals surface area (Å²) < 4.78 is 49.4. The molecule has 1 N–H and O–H groups in total. The molecule has 2 aromatic carbocycles. The average Bonchev–Trinajstić information content (AvgIpc) is 3.16. The third-order valence-corrected chi connectivity index (χ3v) is 16.5. The van der Waals surface area contributed by atoms with Crippen molar-refractivity contribution in [2.45, 2.75) is 148 Å². The van der Waals surface area contributed by atoms with Crippen molar-refractivity contribution in [3.63, 3.8) is 0 Å². The van der Waals surface area contributed by atoms with Crippen LogP contribution in [0.15, 0.2) is 48.6 Å². The van der Waals surface area contributed by atoms with E-state index in [-0.39, 0.29) is 49.1 Å². The monoisotopic (exact) mass is 766 g/mol. The van der Waals surface area contributed by atoms with Gasteiger partial charge in [-0.05, 0) is 105 Å². The fourth-order valence-electron chi connectivity index (χ4n) is 8.62. The van der Waals surface area contributed by atoms with Crippen LogP contribution < -0.4 is 4.74 Å². The summed E-state index contributed by atoms with van der Waals surface area (Å²) >= 11 is 0. The molecular formula is C45H64F2O6Si. The van der Waals surface area contributed by atoms with Gasteiger partial charge in [-0.15, -0.1) is 0 Å². The highest BCUT2D eigenvalue weighted by atomic mass is 28.3. The molecule has 0 atom stereocenters. The summed E-state index contributed by atoms with van der Waals surface area (Å²) in [6.45, 7) is 17.7. The lowest BCUT2D eigenvalue weighted by atomic mass is 9.69. The number of aliphatic hydroxyl groups is 1. The summed E-state index contributed by atoms with van der Waals surface area (Å²) in [5, 5.41) is 9.17. The van der Waals surface area contributed by atoms with E-state index in [4.69, 9.17) is 14.2 Å². The third kappa shape index (κ3) is 11.6. The zero-order chi connectivity index (χ0) is 39.4. The zero-order valence-electron chi connectivity index (χ0n) is 33.5. The molecule has 0 unspecified atom stereocenters. The lowest BCUT2D eigenvalue weighted by Gasteiger charge is -2.42. The van der Waals surface area contributed by atoms with Crippen LogP contribution in [0, 0.1) is 23.5 Å². The Kier molecular flexibility index (Phi) is 16.5. The Morgan fingerprint density at radius 3 is 1.87 bits per heavy atom. The number of carbonyl (C=O) groups is 2. The minimum absolute atomic E-state index is 0.0302. The molecule has 0 heterocycles. The average molecular weight is 767 g/mol. The first-order chi connectivity index (χ1) is 25.8. The summed E-state index contributed by atoms with van der Waals surface area (Å²) in [6.07, 6.45) is 13.8. The van der Waals surface area contributed by atoms with E-state index in [1.807, 2.05) is 0 Å². The number of ether oxygens (including phenoxy) is 3. The molecule has 0 saturated heterocycles. The predicted molar refractivity (Wildman–Crippen MR) is 215 cm³/mol. The van der Waals surface area contributed by atoms with E-state index >= 15 is 8.78 Å². The van der Waals surface area contributed by atoms with E-state index in [0.29, 0.717) is 46.8 Å². The first-order valence-corrected chi connectivity index (χ1v) is 23.6. The molecule has 0 radical (unpaired) electrons. The van der Waals surface area contributed by atoms with Gasteiger partial charge in [0.25, 0.3) is 0 Å². The van der Waals surface area contributed by atoms with Gasteiger partial charge < -0.3 is 19.3 Å². The molecule has 0 amide bonds. The fraction of sp³-hybridized carbons (Fsp3) is 0.600. The number of esters is 2. The van der Waals surface area contributed by atoms with Gasteiger partial charge in [0, 0.05) is 34.4 Å². The number of hydrogen-bond acceptors (Lipinski definition) is 6. The molecule has 2 saturated carbocycles. The van der Waals surface area contributed by atoms with Crippen molar-refractivity contribution in [3.05, 3.63) is 76.9 Å². The van der Waals surface area contributed by atoms with Gasteiger partial charge in [-0.1, -0.05) is 89.9 Å². The smallest absolute Gasteiger partial charge is 0.333 e. The maximum Gasteiger partial charge on any atom is 0.333 e. The van der Waals surface area contributed by atoms with Gasteiger partial charge >= 0.3 is 11.9 Å². The van der Waals surface area contributed by atoms with Crippen LogP contribution in [-0.2, 0) is 32.3 Å². The Bertz CT molecular complexity index is 1550. The number of aliphatic hydroxyl groups excluding tert-OH is 1. The van der Waals surface area contributed by atoms with E-state index < -0.39 is 31.6 Å². The van der Waals surface area contributed by atoms with E-state index in [2.05, 4.69) is 33.2 Å². The van der Waals surface area contributed by atoms with Crippen molar-refractivity contribution in [2.75, 3.05) is 13.2 Å². The second-order valence-electron chi connectivity index (χ2n) is 16.6. The molecule has 0 aromatic heterocycles. The quantitative estimate of drug-likeness (QED) is 0.0663. The standard InChI is InChI=1S/C45H64F2O6Si/c1-8-9-25-54(6,7)38-19-17-33(18-20-38)32-13-15-34(16-14-32)39-21-22-40(42(47)41(39)46)35-26-36(28-52-44(49)30(2)3)43(51-24-12-10-11-23-48)37(27-35)29-53-45(50)31(4)5/h21-22,26-27,32-34,38,48H,2,4,8-20,23-25,28-29H2,1,3,5-7H3. The molecule has 2 aliphatic rings. The molecule has 2 aliphatic carbocycles. The number of rotatable bonds is 19. The maximum absolute atomic E-state index is 16.2. The van der Waals surface area contributed by atoms with Gasteiger partial charge in [0.2, 0.25) is 0 Å². The third-order valence-electron chi connectivity index (χ3n) is 12.1. The molecular weight excluding hydrogens is 703 g/mol. The summed E-state index contributed by atoms with van der Waals surface area (Å²) in [5.74, 6) is -1.26. The van der Waals surface area contributed by atoms with Gasteiger partial charge in [-0.2, -0.15) is 0 Å². The number of carbonyl (C=O) groups excluding carboxylic acids is 2. The number of benzene rings is 2. The number of unbranched alkanes of at least 4 members (excludes halogenated alkanes) is 3. The Balaban J connectivity index is 1.54. The van der Waals surface area contributed by atoms with Gasteiger partial charge in [0.05, 0.1) is 14.7 Å². The molecule has 54 heavy (non-hydrogen) atoms. The second kappa shape index (κ2) is 20.6. The molecule has 298 valence electrons. The van der Waals surface area contributed by atoms with Crippen molar-refractivity contribution in [2.24, 2.45) is 11.8 Å². The van der Waals surface area contributed by atoms with Crippen LogP contribution in [0.1, 0.15) is 127 Å². The van der Waals surface area contributed by atoms with Crippen LogP contribution in [0.4, 0.5) is 8.78 Å². The minimum atomic E-state index is -1.18. The summed E-state index contributed by atoms with van der Waals surface area (Å²) in [7, 11) is -1.18. The lowest BCUT2D eigenvalue weighted by molar-refractivity contribution is -0.140. The molecule has 6 nitrogen and oxygen atoms in total. The summed E-state index contributed by atoms with van der Waals surface area (Å²) in [5.41, 5.74) is 3.00. The van der Waals surface area contributed by atoms with Crippen molar-refractivity contribution in [3.8, 4) is 16.9 Å². The SMILES string of the molecule is C=C(C)C(=O)OCc1cc(-c2ccc(C3CCC(C4CCC([Si](C)(C)CCCC)CC4)CC3)c(F)c2F)cc(COC(=O)C(=C)C)c1OCCCCCO. The number of hydrogen-bond donors (Lipinski definition) is 1. The highest BCUT2D eigenvalue weighted by molar-refractivity contribution is 6.78. The second-order valence-corrected chi connectivity index (χ2v) is 21.9. The van der Waals surface area contributed by atoms with Crippen LogP contribution in [-0.4, -0.2) is 38.3 Å². The summed E-state index contributed by atoms with van der Waals surface area (Å²) in [6, 6.07) is 8.05. The zero-order valence-corrected chi connectivity index (χ0v) is 34.5. The van der Waals surface area contributed by atoms with Crippen molar-refractivity contribution in [1.29, 1.82) is 0 Å². The van der Waals surface area contributed by atoms with Crippen LogP contribution in [0.5, 0.6) is 5.75 Å². The molecule has 9 heteroatoms. The minimum Gasteiger partial charge on any atom is -0.493 e. The van der Waals surface area contributed by atoms with Crippen LogP contribution in [0.2, 0.25) is 24.7 Å². The topological polar surface area (TPSA) is 82.1 Å². The van der Waals surface area contributed by atoms with E-state index in [0.717, 1.165) is 43.6 Å². The van der Waals surface area contributed by atoms with Crippen molar-refractivity contribution >= 4 is 20.0 Å². The van der Waals surface area contributed by atoms with E-state index in [1.54, 1.807) is 24.3 Å². The van der Waals surface area contributed by atoms with E-state index in [9.17, 15) is 14.7 Å². The van der Waals surface area contributed by atoms with Gasteiger partial charge in [-0.25, -0.2) is 18.4 Å². The highest BCUT2D eigenvalue weighted by Crippen LogP contribution is 2.48. The van der Waals surface area contributed by atoms with Gasteiger partial charge in [-0.3, -0.25) is 0 Å². The van der Waals surface area contributed by atoms with Crippen LogP contribution in [0.3, 0.4) is 0 Å². The van der Waals surface area contributed by atoms with Crippen molar-refractivity contribution < 1.29 is 37.7 Å². The summed E-state index contributed by atoms with van der Waals surface area (Å²) in [4.78, 5) is 24.8. The van der Waals surface area contributed by atoms with Gasteiger partial charge in [0.1, 0.15) is 19.0 Å². The van der Waals surface area contributed by atoms with Crippen LogP contribution >= 0.6 is 0 Å². The largest absolute Gasteiger partial charge is 0.493 e. The Morgan fingerprint density at radius 2 is 1.35 bits per heavy atom. The normalized spacial score (nSPS) is 20.3. The van der Waals surface area contributed by atoms with Gasteiger partial charge in [0.15, 0.2) is 11.6 Å². The molecule has 4 rings (SSSR count). The predicted octanol–water partition coefficient (Wildman–Crippen LogP) is 11.8. The van der Waals surface area contributed by atoms with Crippen molar-refractivity contribution in [1.82, 2.24) is 0 Å². The highest BCUT2D eigenvalue weighted by Gasteiger charge is 2.37. The Labute approximate surface area is 323 Å². The van der Waals surface area contributed by atoms with Crippen LogP contribution in [0.25, 0.3) is 11.1 Å². The molecule has 2 aromatic rings. The van der Waals surface area contributed by atoms with E-state index in [1.165, 1.54) is 58.4 Å². The molecule has 2 fully saturated rings. The Morgan fingerprint density at radius 1 is 0.796 bits per heavy atom. The lowest BCUT2D eigenvalue weighted by Crippen LogP contribution is -2.36. The molecule has 0 bridgehead atoms. The first-order valence-electron chi connectivity index (χ1n) is 20.3. The fourth-order valence-corrected chi connectivity index (χ4v) is 12.2.